The molecule has 0 radical (unpaired) electrons. The highest BCUT2D eigenvalue weighted by Gasteiger charge is 2.25. The fraction of sp³-hybridized carbons (Fsp3) is 0.375. The molecule has 2 fully saturated rings. The van der Waals surface area contributed by atoms with Gasteiger partial charge in [-0.3, -0.25) is 14.9 Å². The smallest absolute Gasteiger partial charge is 0.292 e. The van der Waals surface area contributed by atoms with Crippen molar-refractivity contribution in [2.45, 2.75) is 19.3 Å². The van der Waals surface area contributed by atoms with Gasteiger partial charge in [-0.1, -0.05) is 23.7 Å². The molecule has 0 aliphatic carbocycles. The number of amides is 1. The number of nitrogens with zero attached hydrogens (tertiary/aromatic N) is 4. The predicted octanol–water partition coefficient (Wildman–Crippen LogP) is 4.60. The number of nitro groups is 1. The Morgan fingerprint density at radius 2 is 1.59 bits per heavy atom. The van der Waals surface area contributed by atoms with Crippen molar-refractivity contribution in [3.8, 4) is 0 Å². The lowest BCUT2D eigenvalue weighted by atomic mass is 10.1. The molecule has 7 nitrogen and oxygen atoms in total. The number of piperazine rings is 1. The molecule has 2 aromatic carbocycles. The van der Waals surface area contributed by atoms with Crippen LogP contribution in [0.1, 0.15) is 24.8 Å². The van der Waals surface area contributed by atoms with Gasteiger partial charge in [0, 0.05) is 62.1 Å². The second-order valence-corrected chi connectivity index (χ2v) is 8.61. The molecule has 0 aromatic heterocycles. The van der Waals surface area contributed by atoms with Crippen LogP contribution in [0.5, 0.6) is 0 Å². The Labute approximate surface area is 193 Å². The van der Waals surface area contributed by atoms with Crippen molar-refractivity contribution in [2.75, 3.05) is 49.1 Å². The third-order valence-electron chi connectivity index (χ3n) is 6.10. The predicted molar refractivity (Wildman–Crippen MR) is 128 cm³/mol. The van der Waals surface area contributed by atoms with Crippen LogP contribution in [0, 0.1) is 10.1 Å². The zero-order valence-electron chi connectivity index (χ0n) is 18.0. The number of carbonyl (C=O) groups is 1. The van der Waals surface area contributed by atoms with Crippen molar-refractivity contribution < 1.29 is 9.72 Å². The molecule has 4 rings (SSSR count). The van der Waals surface area contributed by atoms with E-state index in [9.17, 15) is 14.9 Å². The largest absolute Gasteiger partial charge is 0.368 e. The fourth-order valence-electron chi connectivity index (χ4n) is 4.28. The van der Waals surface area contributed by atoms with Crippen molar-refractivity contribution >= 4 is 40.6 Å². The average Bonchev–Trinajstić information content (AvgIpc) is 2.83. The van der Waals surface area contributed by atoms with Gasteiger partial charge in [0.05, 0.1) is 4.92 Å². The number of nitro benzene ring substituents is 1. The molecule has 8 heteroatoms. The maximum absolute atomic E-state index is 12.6. The Morgan fingerprint density at radius 3 is 2.25 bits per heavy atom. The Kier molecular flexibility index (Phi) is 6.95. The average molecular weight is 455 g/mol. The molecule has 1 amide bonds. The summed E-state index contributed by atoms with van der Waals surface area (Å²) in [5.74, 6) is -0.0164. The van der Waals surface area contributed by atoms with Crippen LogP contribution in [0.25, 0.3) is 6.08 Å². The van der Waals surface area contributed by atoms with Crippen LogP contribution in [0.4, 0.5) is 17.1 Å². The van der Waals surface area contributed by atoms with E-state index in [2.05, 4.69) is 9.80 Å². The van der Waals surface area contributed by atoms with Crippen LogP contribution >= 0.6 is 11.6 Å². The van der Waals surface area contributed by atoms with Gasteiger partial charge in [-0.25, -0.2) is 0 Å². The van der Waals surface area contributed by atoms with E-state index < -0.39 is 0 Å². The summed E-state index contributed by atoms with van der Waals surface area (Å²) in [6.07, 6.45) is 6.69. The van der Waals surface area contributed by atoms with Gasteiger partial charge in [-0.2, -0.15) is 0 Å². The number of piperidine rings is 1. The maximum atomic E-state index is 12.6. The second-order valence-electron chi connectivity index (χ2n) is 8.18. The first-order valence-electron chi connectivity index (χ1n) is 11.0. The third-order valence-corrected chi connectivity index (χ3v) is 6.35. The number of anilines is 2. The SMILES string of the molecule is O=C(/C=C/c1ccc(Cl)cc1)N1CCN(c2ccc([N+](=O)[O-])c(N3CCCCC3)c2)CC1. The number of carbonyl (C=O) groups excluding carboxylic acids is 1. The number of benzene rings is 2. The molecule has 0 N–H and O–H groups in total. The summed E-state index contributed by atoms with van der Waals surface area (Å²) in [4.78, 5) is 30.0. The number of halogens is 1. The fourth-order valence-corrected chi connectivity index (χ4v) is 4.41. The lowest BCUT2D eigenvalue weighted by Gasteiger charge is -2.36. The van der Waals surface area contributed by atoms with Gasteiger partial charge >= 0.3 is 0 Å². The first kappa shape index (κ1) is 22.1. The molecule has 2 heterocycles. The molecule has 0 unspecified atom stereocenters. The summed E-state index contributed by atoms with van der Waals surface area (Å²) < 4.78 is 0. The van der Waals surface area contributed by atoms with Crippen LogP contribution in [0.3, 0.4) is 0 Å². The molecule has 2 aliphatic heterocycles. The summed E-state index contributed by atoms with van der Waals surface area (Å²) in [7, 11) is 0. The van der Waals surface area contributed by atoms with Crippen molar-refractivity contribution in [1.29, 1.82) is 0 Å². The molecular formula is C24H27ClN4O3. The number of hydrogen-bond acceptors (Lipinski definition) is 5. The van der Waals surface area contributed by atoms with Gasteiger partial charge < -0.3 is 14.7 Å². The minimum atomic E-state index is -0.294. The van der Waals surface area contributed by atoms with Gasteiger partial charge in [0.25, 0.3) is 5.69 Å². The minimum absolute atomic E-state index is 0.0164. The quantitative estimate of drug-likeness (QED) is 0.375. The molecular weight excluding hydrogens is 428 g/mol. The lowest BCUT2D eigenvalue weighted by Crippen LogP contribution is -2.48. The second kappa shape index (κ2) is 10.0. The van der Waals surface area contributed by atoms with Crippen molar-refractivity contribution in [1.82, 2.24) is 4.90 Å². The molecule has 0 saturated carbocycles. The summed E-state index contributed by atoms with van der Waals surface area (Å²) in [6.45, 7) is 4.31. The highest BCUT2D eigenvalue weighted by atomic mass is 35.5. The van der Waals surface area contributed by atoms with E-state index in [1.807, 2.05) is 29.2 Å². The molecule has 32 heavy (non-hydrogen) atoms. The van der Waals surface area contributed by atoms with E-state index in [-0.39, 0.29) is 16.5 Å². The van der Waals surface area contributed by atoms with Crippen molar-refractivity contribution in [3.63, 3.8) is 0 Å². The third kappa shape index (κ3) is 5.22. The van der Waals surface area contributed by atoms with Crippen LogP contribution in [-0.2, 0) is 4.79 Å². The highest BCUT2D eigenvalue weighted by molar-refractivity contribution is 6.30. The monoisotopic (exact) mass is 454 g/mol. The van der Waals surface area contributed by atoms with E-state index in [4.69, 9.17) is 11.6 Å². The van der Waals surface area contributed by atoms with E-state index in [1.54, 1.807) is 30.4 Å². The summed E-state index contributed by atoms with van der Waals surface area (Å²) in [6, 6.07) is 12.7. The van der Waals surface area contributed by atoms with Crippen LogP contribution < -0.4 is 9.80 Å². The standard InChI is InChI=1S/C24H27ClN4O3/c25-20-7-4-19(5-8-20)6-11-24(30)28-16-14-26(15-17-28)21-9-10-22(29(31)32)23(18-21)27-12-2-1-3-13-27/h4-11,18H,1-3,12-17H2/b11-6+. The summed E-state index contributed by atoms with van der Waals surface area (Å²) >= 11 is 5.90. The molecule has 2 saturated heterocycles. The van der Waals surface area contributed by atoms with E-state index in [1.165, 1.54) is 6.42 Å². The van der Waals surface area contributed by atoms with Crippen LogP contribution in [0.15, 0.2) is 48.5 Å². The van der Waals surface area contributed by atoms with Crippen molar-refractivity contribution in [3.05, 3.63) is 69.2 Å². The van der Waals surface area contributed by atoms with Crippen molar-refractivity contribution in [2.24, 2.45) is 0 Å². The zero-order valence-corrected chi connectivity index (χ0v) is 18.7. The molecule has 0 bridgehead atoms. The highest BCUT2D eigenvalue weighted by Crippen LogP contribution is 2.34. The van der Waals surface area contributed by atoms with Gasteiger partial charge in [-0.15, -0.1) is 0 Å². The summed E-state index contributed by atoms with van der Waals surface area (Å²) in [5, 5.41) is 12.2. The Balaban J connectivity index is 1.40. The van der Waals surface area contributed by atoms with Crippen LogP contribution in [0.2, 0.25) is 5.02 Å². The molecule has 0 spiro atoms. The first-order chi connectivity index (χ1) is 15.5. The number of hydrogen-bond donors (Lipinski definition) is 0. The minimum Gasteiger partial charge on any atom is -0.368 e. The Hall–Kier alpha value is -3.06. The first-order valence-corrected chi connectivity index (χ1v) is 11.4. The molecule has 2 aromatic rings. The van der Waals surface area contributed by atoms with E-state index in [0.29, 0.717) is 36.9 Å². The van der Waals surface area contributed by atoms with Gasteiger partial charge in [-0.05, 0) is 55.2 Å². The topological polar surface area (TPSA) is 69.9 Å². The van der Waals surface area contributed by atoms with Gasteiger partial charge in [0.2, 0.25) is 5.91 Å². The molecule has 2 aliphatic rings. The van der Waals surface area contributed by atoms with Crippen LogP contribution in [-0.4, -0.2) is 55.0 Å². The zero-order chi connectivity index (χ0) is 22.5. The van der Waals surface area contributed by atoms with Gasteiger partial charge in [0.15, 0.2) is 0 Å². The lowest BCUT2D eigenvalue weighted by molar-refractivity contribution is -0.384. The Bertz CT molecular complexity index is 995. The Morgan fingerprint density at radius 1 is 0.906 bits per heavy atom. The molecule has 168 valence electrons. The normalized spacial score (nSPS) is 17.1. The van der Waals surface area contributed by atoms with E-state index in [0.717, 1.165) is 37.2 Å². The summed E-state index contributed by atoms with van der Waals surface area (Å²) in [5.41, 5.74) is 2.77. The number of rotatable bonds is 5. The molecule has 0 atom stereocenters. The maximum Gasteiger partial charge on any atom is 0.292 e. The van der Waals surface area contributed by atoms with E-state index >= 15 is 0 Å². The van der Waals surface area contributed by atoms with Gasteiger partial charge in [0.1, 0.15) is 5.69 Å².